The molecule has 3 heteroatoms. The van der Waals surface area contributed by atoms with Gasteiger partial charge in [-0.2, -0.15) is 0 Å². The molecule has 2 aliphatic rings. The van der Waals surface area contributed by atoms with E-state index in [2.05, 4.69) is 18.4 Å². The number of thiophene rings is 1. The van der Waals surface area contributed by atoms with Crippen molar-refractivity contribution in [3.05, 3.63) is 21.9 Å². The number of hydrogen-bond acceptors (Lipinski definition) is 3. The van der Waals surface area contributed by atoms with Gasteiger partial charge in [0.25, 0.3) is 0 Å². The van der Waals surface area contributed by atoms with Crippen LogP contribution in [0, 0.1) is 5.92 Å². The molecule has 0 aromatic carbocycles. The molecule has 1 N–H and O–H groups in total. The summed E-state index contributed by atoms with van der Waals surface area (Å²) in [6, 6.07) is 2.15. The topological polar surface area (TPSA) is 29.5 Å². The Kier molecular flexibility index (Phi) is 3.48. The van der Waals surface area contributed by atoms with E-state index in [1.54, 1.807) is 11.3 Å². The molecule has 1 aromatic rings. The average Bonchev–Trinajstić information content (AvgIpc) is 2.84. The van der Waals surface area contributed by atoms with Gasteiger partial charge in [0, 0.05) is 11.5 Å². The molecule has 1 spiro atoms. The van der Waals surface area contributed by atoms with Crippen molar-refractivity contribution < 1.29 is 9.84 Å². The van der Waals surface area contributed by atoms with Crippen LogP contribution < -0.4 is 0 Å². The summed E-state index contributed by atoms with van der Waals surface area (Å²) in [4.78, 5) is 1.19. The Morgan fingerprint density at radius 1 is 1.56 bits per heavy atom. The first kappa shape index (κ1) is 12.6. The maximum Gasteiger partial charge on any atom is 0.0914 e. The van der Waals surface area contributed by atoms with E-state index in [4.69, 9.17) is 4.74 Å². The standard InChI is InChI=1S/C15H22O2S/c1-2-11-5-9-18-14(11)13(16)12-4-8-17-15(10-12)6-3-7-15/h5,9,12-13,16H,2-4,6-8,10H2,1H3. The van der Waals surface area contributed by atoms with Crippen LogP contribution in [0.5, 0.6) is 0 Å². The summed E-state index contributed by atoms with van der Waals surface area (Å²) in [7, 11) is 0. The predicted octanol–water partition coefficient (Wildman–Crippen LogP) is 3.69. The Balaban J connectivity index is 1.73. The highest BCUT2D eigenvalue weighted by molar-refractivity contribution is 7.10. The summed E-state index contributed by atoms with van der Waals surface area (Å²) in [6.07, 6.45) is 6.48. The van der Waals surface area contributed by atoms with Crippen LogP contribution >= 0.6 is 11.3 Å². The van der Waals surface area contributed by atoms with Gasteiger partial charge in [-0.25, -0.2) is 0 Å². The molecular formula is C15H22O2S. The Hall–Kier alpha value is -0.380. The van der Waals surface area contributed by atoms with Crippen molar-refractivity contribution in [3.8, 4) is 0 Å². The molecule has 2 unspecified atom stereocenters. The molecule has 2 atom stereocenters. The van der Waals surface area contributed by atoms with Crippen LogP contribution in [0.3, 0.4) is 0 Å². The molecule has 100 valence electrons. The molecular weight excluding hydrogens is 244 g/mol. The monoisotopic (exact) mass is 266 g/mol. The lowest BCUT2D eigenvalue weighted by Crippen LogP contribution is -2.46. The molecule has 1 saturated heterocycles. The number of ether oxygens (including phenoxy) is 1. The second-order valence-corrected chi connectivity index (χ2v) is 6.69. The fourth-order valence-corrected chi connectivity index (χ4v) is 4.44. The van der Waals surface area contributed by atoms with Gasteiger partial charge < -0.3 is 9.84 Å². The van der Waals surface area contributed by atoms with E-state index in [0.29, 0.717) is 5.92 Å². The van der Waals surface area contributed by atoms with Crippen LogP contribution in [0.25, 0.3) is 0 Å². The Labute approximate surface area is 113 Å². The molecule has 3 rings (SSSR count). The van der Waals surface area contributed by atoms with E-state index in [1.807, 2.05) is 0 Å². The van der Waals surface area contributed by atoms with Crippen molar-refractivity contribution in [2.45, 2.75) is 57.2 Å². The number of aliphatic hydroxyl groups is 1. The number of aliphatic hydroxyl groups excluding tert-OH is 1. The van der Waals surface area contributed by atoms with Crippen molar-refractivity contribution in [2.75, 3.05) is 6.61 Å². The molecule has 2 fully saturated rings. The Morgan fingerprint density at radius 2 is 2.39 bits per heavy atom. The summed E-state index contributed by atoms with van der Waals surface area (Å²) in [5, 5.41) is 12.8. The zero-order valence-corrected chi connectivity index (χ0v) is 11.8. The fraction of sp³-hybridized carbons (Fsp3) is 0.733. The summed E-state index contributed by atoms with van der Waals surface area (Å²) in [5.41, 5.74) is 1.45. The normalized spacial score (nSPS) is 28.0. The number of aryl methyl sites for hydroxylation is 1. The molecule has 0 amide bonds. The smallest absolute Gasteiger partial charge is 0.0914 e. The van der Waals surface area contributed by atoms with E-state index in [-0.39, 0.29) is 11.7 Å². The molecule has 18 heavy (non-hydrogen) atoms. The number of hydrogen-bond donors (Lipinski definition) is 1. The molecule has 2 nitrogen and oxygen atoms in total. The van der Waals surface area contributed by atoms with Gasteiger partial charge in [0.05, 0.1) is 11.7 Å². The second kappa shape index (κ2) is 4.95. The van der Waals surface area contributed by atoms with E-state index < -0.39 is 0 Å². The SMILES string of the molecule is CCc1ccsc1C(O)C1CCOC2(CCC2)C1. The van der Waals surface area contributed by atoms with Gasteiger partial charge in [0.2, 0.25) is 0 Å². The van der Waals surface area contributed by atoms with Gasteiger partial charge in [0.15, 0.2) is 0 Å². The van der Waals surface area contributed by atoms with Gasteiger partial charge >= 0.3 is 0 Å². The zero-order chi connectivity index (χ0) is 12.6. The van der Waals surface area contributed by atoms with Crippen molar-refractivity contribution in [1.82, 2.24) is 0 Å². The van der Waals surface area contributed by atoms with E-state index in [1.165, 1.54) is 29.7 Å². The van der Waals surface area contributed by atoms with Crippen molar-refractivity contribution in [3.63, 3.8) is 0 Å². The molecule has 1 saturated carbocycles. The molecule has 1 aromatic heterocycles. The largest absolute Gasteiger partial charge is 0.387 e. The number of rotatable bonds is 3. The van der Waals surface area contributed by atoms with Crippen LogP contribution in [0.1, 0.15) is 55.6 Å². The minimum absolute atomic E-state index is 0.132. The lowest BCUT2D eigenvalue weighted by molar-refractivity contribution is -0.157. The highest BCUT2D eigenvalue weighted by Crippen LogP contribution is 2.47. The Morgan fingerprint density at radius 3 is 3.06 bits per heavy atom. The molecule has 1 aliphatic carbocycles. The minimum Gasteiger partial charge on any atom is -0.387 e. The van der Waals surface area contributed by atoms with Crippen LogP contribution in [-0.2, 0) is 11.2 Å². The fourth-order valence-electron chi connectivity index (χ4n) is 3.37. The Bertz CT molecular complexity index is 408. The third kappa shape index (κ3) is 2.13. The van der Waals surface area contributed by atoms with Crippen molar-refractivity contribution in [2.24, 2.45) is 5.92 Å². The summed E-state index contributed by atoms with van der Waals surface area (Å²) >= 11 is 1.71. The highest BCUT2D eigenvalue weighted by Gasteiger charge is 2.44. The quantitative estimate of drug-likeness (QED) is 0.904. The van der Waals surface area contributed by atoms with Crippen molar-refractivity contribution >= 4 is 11.3 Å². The van der Waals surface area contributed by atoms with Crippen LogP contribution in [0.2, 0.25) is 0 Å². The van der Waals surface area contributed by atoms with Crippen LogP contribution in [0.15, 0.2) is 11.4 Å². The predicted molar refractivity (Wildman–Crippen MR) is 73.9 cm³/mol. The molecule has 2 heterocycles. The van der Waals surface area contributed by atoms with Gasteiger partial charge in [-0.15, -0.1) is 11.3 Å². The molecule has 0 radical (unpaired) electrons. The van der Waals surface area contributed by atoms with Crippen molar-refractivity contribution in [1.29, 1.82) is 0 Å². The second-order valence-electron chi connectivity index (χ2n) is 5.75. The van der Waals surface area contributed by atoms with Gasteiger partial charge in [0.1, 0.15) is 0 Å². The first-order valence-electron chi connectivity index (χ1n) is 7.12. The first-order valence-corrected chi connectivity index (χ1v) is 8.00. The minimum atomic E-state index is -0.277. The maximum absolute atomic E-state index is 10.7. The average molecular weight is 266 g/mol. The lowest BCUT2D eigenvalue weighted by Gasteiger charge is -2.48. The highest BCUT2D eigenvalue weighted by atomic mass is 32.1. The molecule has 1 aliphatic heterocycles. The van der Waals surface area contributed by atoms with E-state index in [0.717, 1.165) is 25.9 Å². The van der Waals surface area contributed by atoms with Crippen LogP contribution in [0.4, 0.5) is 0 Å². The van der Waals surface area contributed by atoms with Gasteiger partial charge in [-0.1, -0.05) is 6.92 Å². The lowest BCUT2D eigenvalue weighted by atomic mass is 9.70. The van der Waals surface area contributed by atoms with E-state index >= 15 is 0 Å². The van der Waals surface area contributed by atoms with E-state index in [9.17, 15) is 5.11 Å². The van der Waals surface area contributed by atoms with Gasteiger partial charge in [-0.05, 0) is 61.5 Å². The summed E-state index contributed by atoms with van der Waals surface area (Å²) in [5.74, 6) is 0.392. The van der Waals surface area contributed by atoms with Gasteiger partial charge in [-0.3, -0.25) is 0 Å². The third-order valence-corrected chi connectivity index (χ3v) is 5.70. The third-order valence-electron chi connectivity index (χ3n) is 4.67. The first-order chi connectivity index (χ1) is 8.74. The maximum atomic E-state index is 10.7. The summed E-state index contributed by atoms with van der Waals surface area (Å²) in [6.45, 7) is 2.99. The summed E-state index contributed by atoms with van der Waals surface area (Å²) < 4.78 is 5.95. The molecule has 0 bridgehead atoms. The zero-order valence-electron chi connectivity index (χ0n) is 11.0. The van der Waals surface area contributed by atoms with Crippen LogP contribution in [-0.4, -0.2) is 17.3 Å².